The highest BCUT2D eigenvalue weighted by atomic mass is 16.5. The largest absolute Gasteiger partial charge is 0.463 e. The molecule has 0 aliphatic carbocycles. The van der Waals surface area contributed by atoms with Crippen LogP contribution in [0, 0.1) is 0 Å². The summed E-state index contributed by atoms with van der Waals surface area (Å²) >= 11 is 0. The normalized spacial score (nSPS) is 10.4. The van der Waals surface area contributed by atoms with Gasteiger partial charge in [-0.1, -0.05) is 0 Å². The molecule has 1 N–H and O–H groups in total. The zero-order valence-electron chi connectivity index (χ0n) is 7.69. The fraction of sp³-hybridized carbons (Fsp3) is 0.222. The van der Waals surface area contributed by atoms with Crippen LogP contribution in [0.3, 0.4) is 0 Å². The van der Waals surface area contributed by atoms with Crippen LogP contribution in [-0.2, 0) is 9.53 Å². The van der Waals surface area contributed by atoms with Crippen LogP contribution in [0.2, 0.25) is 0 Å². The summed E-state index contributed by atoms with van der Waals surface area (Å²) in [6, 6.07) is 2.84. The van der Waals surface area contributed by atoms with Crippen molar-refractivity contribution in [3.8, 4) is 0 Å². The predicted molar refractivity (Wildman–Crippen MR) is 50.5 cm³/mol. The van der Waals surface area contributed by atoms with Crippen molar-refractivity contribution in [1.82, 2.24) is 10.2 Å². The fourth-order valence-corrected chi connectivity index (χ4v) is 0.792. The lowest BCUT2D eigenvalue weighted by atomic mass is 10.3. The Labute approximate surface area is 80.4 Å². The van der Waals surface area contributed by atoms with E-state index in [1.807, 2.05) is 0 Å². The summed E-state index contributed by atoms with van der Waals surface area (Å²) in [5.41, 5.74) is 0.218. The first-order valence-corrected chi connectivity index (χ1v) is 4.13. The van der Waals surface area contributed by atoms with E-state index in [4.69, 9.17) is 0 Å². The lowest BCUT2D eigenvalue weighted by Gasteiger charge is -1.94. The molecular formula is C9H10N2O3. The Morgan fingerprint density at radius 1 is 1.64 bits per heavy atom. The Morgan fingerprint density at radius 2 is 2.43 bits per heavy atom. The van der Waals surface area contributed by atoms with Crippen LogP contribution in [0.15, 0.2) is 23.0 Å². The number of esters is 1. The average Bonchev–Trinajstić information content (AvgIpc) is 2.17. The number of hydrogen-bond acceptors (Lipinski definition) is 4. The summed E-state index contributed by atoms with van der Waals surface area (Å²) < 4.78 is 4.66. The molecule has 1 aromatic rings. The molecule has 74 valence electrons. The number of nitrogens with one attached hydrogen (secondary N) is 1. The third-order valence-corrected chi connectivity index (χ3v) is 1.38. The monoisotopic (exact) mass is 194 g/mol. The van der Waals surface area contributed by atoms with Crippen LogP contribution in [0.25, 0.3) is 6.08 Å². The number of aromatic amines is 1. The van der Waals surface area contributed by atoms with E-state index in [2.05, 4.69) is 14.9 Å². The van der Waals surface area contributed by atoms with Gasteiger partial charge < -0.3 is 4.74 Å². The Balaban J connectivity index is 2.64. The molecule has 0 aromatic carbocycles. The summed E-state index contributed by atoms with van der Waals surface area (Å²) in [4.78, 5) is 21.5. The number of carbonyl (C=O) groups is 1. The molecule has 1 aromatic heterocycles. The second kappa shape index (κ2) is 4.96. The highest BCUT2D eigenvalue weighted by Crippen LogP contribution is 1.93. The van der Waals surface area contributed by atoms with E-state index in [-0.39, 0.29) is 5.56 Å². The van der Waals surface area contributed by atoms with Crippen molar-refractivity contribution in [2.75, 3.05) is 6.61 Å². The van der Waals surface area contributed by atoms with E-state index in [9.17, 15) is 9.59 Å². The zero-order valence-corrected chi connectivity index (χ0v) is 7.69. The number of H-pyrrole nitrogens is 1. The Morgan fingerprint density at radius 3 is 3.00 bits per heavy atom. The second-order valence-electron chi connectivity index (χ2n) is 2.43. The van der Waals surface area contributed by atoms with E-state index in [1.54, 1.807) is 6.92 Å². The molecule has 0 radical (unpaired) electrons. The van der Waals surface area contributed by atoms with Crippen molar-refractivity contribution in [3.63, 3.8) is 0 Å². The van der Waals surface area contributed by atoms with Crippen molar-refractivity contribution in [2.45, 2.75) is 6.92 Å². The molecule has 5 nitrogen and oxygen atoms in total. The first-order chi connectivity index (χ1) is 6.72. The summed E-state index contributed by atoms with van der Waals surface area (Å²) in [6.07, 6.45) is 2.72. The minimum Gasteiger partial charge on any atom is -0.463 e. The third kappa shape index (κ3) is 3.22. The van der Waals surface area contributed by atoms with Crippen molar-refractivity contribution in [2.24, 2.45) is 0 Å². The summed E-state index contributed by atoms with van der Waals surface area (Å²) in [5.74, 6) is -0.430. The SMILES string of the molecule is CCOC(=O)C=Cc1ccc(=O)[nH]n1. The topological polar surface area (TPSA) is 72.1 Å². The molecule has 0 saturated heterocycles. The first kappa shape index (κ1) is 10.2. The maximum absolute atomic E-state index is 10.9. The Kier molecular flexibility index (Phi) is 3.60. The lowest BCUT2D eigenvalue weighted by Crippen LogP contribution is -2.05. The number of rotatable bonds is 3. The molecule has 0 fully saturated rings. The maximum Gasteiger partial charge on any atom is 0.330 e. The molecule has 0 bridgehead atoms. The molecule has 1 rings (SSSR count). The van der Waals surface area contributed by atoms with Gasteiger partial charge in [-0.05, 0) is 19.1 Å². The van der Waals surface area contributed by atoms with E-state index < -0.39 is 5.97 Å². The van der Waals surface area contributed by atoms with Gasteiger partial charge in [0.1, 0.15) is 0 Å². The van der Waals surface area contributed by atoms with Gasteiger partial charge in [-0.25, -0.2) is 9.89 Å². The molecule has 5 heteroatoms. The molecule has 0 aliphatic rings. The van der Waals surface area contributed by atoms with Crippen LogP contribution in [0.1, 0.15) is 12.6 Å². The molecule has 0 saturated carbocycles. The van der Waals surface area contributed by atoms with Crippen LogP contribution in [0.4, 0.5) is 0 Å². The van der Waals surface area contributed by atoms with E-state index >= 15 is 0 Å². The van der Waals surface area contributed by atoms with Crippen molar-refractivity contribution in [3.05, 3.63) is 34.3 Å². The van der Waals surface area contributed by atoms with Gasteiger partial charge in [-0.2, -0.15) is 5.10 Å². The van der Waals surface area contributed by atoms with Crippen LogP contribution in [-0.4, -0.2) is 22.8 Å². The van der Waals surface area contributed by atoms with Gasteiger partial charge in [0.05, 0.1) is 12.3 Å². The van der Waals surface area contributed by atoms with Crippen LogP contribution >= 0.6 is 0 Å². The molecule has 0 unspecified atom stereocenters. The van der Waals surface area contributed by atoms with E-state index in [1.165, 1.54) is 24.3 Å². The van der Waals surface area contributed by atoms with Gasteiger partial charge in [0.2, 0.25) is 0 Å². The smallest absolute Gasteiger partial charge is 0.330 e. The number of hydrogen-bond donors (Lipinski definition) is 1. The second-order valence-corrected chi connectivity index (χ2v) is 2.43. The number of carbonyl (C=O) groups excluding carboxylic acids is 1. The minimum absolute atomic E-state index is 0.279. The van der Waals surface area contributed by atoms with E-state index in [0.29, 0.717) is 12.3 Å². The molecule has 0 amide bonds. The molecule has 0 spiro atoms. The van der Waals surface area contributed by atoms with E-state index in [0.717, 1.165) is 0 Å². The summed E-state index contributed by atoms with van der Waals surface area (Å²) in [7, 11) is 0. The van der Waals surface area contributed by atoms with Crippen molar-refractivity contribution < 1.29 is 9.53 Å². The molecule has 0 atom stereocenters. The zero-order chi connectivity index (χ0) is 10.4. The maximum atomic E-state index is 10.9. The van der Waals surface area contributed by atoms with Gasteiger partial charge in [0, 0.05) is 12.1 Å². The lowest BCUT2D eigenvalue weighted by molar-refractivity contribution is -0.137. The van der Waals surface area contributed by atoms with Crippen LogP contribution < -0.4 is 5.56 Å². The third-order valence-electron chi connectivity index (χ3n) is 1.38. The summed E-state index contributed by atoms with van der Waals surface area (Å²) in [5, 5.41) is 5.92. The minimum atomic E-state index is -0.430. The number of aromatic nitrogens is 2. The first-order valence-electron chi connectivity index (χ1n) is 4.13. The standard InChI is InChI=1S/C9H10N2O3/c1-2-14-9(13)6-4-7-3-5-8(12)11-10-7/h3-6H,2H2,1H3,(H,11,12). The van der Waals surface area contributed by atoms with Gasteiger partial charge >= 0.3 is 5.97 Å². The molecule has 0 aliphatic heterocycles. The predicted octanol–water partition coefficient (Wildman–Crippen LogP) is 0.346. The highest BCUT2D eigenvalue weighted by molar-refractivity contribution is 5.86. The fourth-order valence-electron chi connectivity index (χ4n) is 0.792. The average molecular weight is 194 g/mol. The summed E-state index contributed by atoms with van der Waals surface area (Å²) in [6.45, 7) is 2.06. The number of ether oxygens (including phenoxy) is 1. The highest BCUT2D eigenvalue weighted by Gasteiger charge is 1.94. The number of nitrogens with zero attached hydrogens (tertiary/aromatic N) is 1. The molecule has 14 heavy (non-hydrogen) atoms. The van der Waals surface area contributed by atoms with Crippen molar-refractivity contribution >= 4 is 12.0 Å². The molecular weight excluding hydrogens is 184 g/mol. The van der Waals surface area contributed by atoms with Crippen molar-refractivity contribution in [1.29, 1.82) is 0 Å². The quantitative estimate of drug-likeness (QED) is 0.556. The Hall–Kier alpha value is -1.91. The van der Waals surface area contributed by atoms with Crippen LogP contribution in [0.5, 0.6) is 0 Å². The Bertz CT molecular complexity index is 375. The molecule has 1 heterocycles. The van der Waals surface area contributed by atoms with Gasteiger partial charge in [0.25, 0.3) is 5.56 Å². The van der Waals surface area contributed by atoms with Gasteiger partial charge in [0.15, 0.2) is 0 Å². The van der Waals surface area contributed by atoms with Gasteiger partial charge in [-0.15, -0.1) is 0 Å². The van der Waals surface area contributed by atoms with Gasteiger partial charge in [-0.3, -0.25) is 4.79 Å².